The monoisotopic (exact) mass is 254 g/mol. The molecule has 0 saturated heterocycles. The number of hydrogen-bond donors (Lipinski definition) is 2. The standard InChI is InChI=1S/C13H16F2N2O/c1-8-5-13(6-8,7-16)12(18)17-11-4-9(14)2-3-10(11)15/h2-4,8H,5-7,16H2,1H3,(H,17,18). The van der Waals surface area contributed by atoms with E-state index in [9.17, 15) is 13.6 Å². The lowest BCUT2D eigenvalue weighted by Crippen LogP contribution is -2.51. The Balaban J connectivity index is 2.14. The van der Waals surface area contributed by atoms with Crippen LogP contribution in [0.25, 0.3) is 0 Å². The Labute approximate surface area is 104 Å². The zero-order valence-corrected chi connectivity index (χ0v) is 10.2. The van der Waals surface area contributed by atoms with Gasteiger partial charge in [-0.05, 0) is 30.9 Å². The summed E-state index contributed by atoms with van der Waals surface area (Å²) < 4.78 is 26.4. The summed E-state index contributed by atoms with van der Waals surface area (Å²) in [6.45, 7) is 2.25. The molecule has 0 heterocycles. The number of benzene rings is 1. The van der Waals surface area contributed by atoms with Crippen LogP contribution in [0.5, 0.6) is 0 Å². The summed E-state index contributed by atoms with van der Waals surface area (Å²) in [5.74, 6) is -1.12. The van der Waals surface area contributed by atoms with Gasteiger partial charge in [-0.3, -0.25) is 4.79 Å². The summed E-state index contributed by atoms with van der Waals surface area (Å²) in [6.07, 6.45) is 1.37. The topological polar surface area (TPSA) is 55.1 Å². The van der Waals surface area contributed by atoms with Gasteiger partial charge < -0.3 is 11.1 Å². The molecule has 1 aromatic carbocycles. The van der Waals surface area contributed by atoms with Gasteiger partial charge in [-0.25, -0.2) is 8.78 Å². The fraction of sp³-hybridized carbons (Fsp3) is 0.462. The molecule has 5 heteroatoms. The highest BCUT2D eigenvalue weighted by molar-refractivity contribution is 5.96. The minimum absolute atomic E-state index is 0.132. The lowest BCUT2D eigenvalue weighted by atomic mass is 9.62. The van der Waals surface area contributed by atoms with E-state index in [1.54, 1.807) is 0 Å². The van der Waals surface area contributed by atoms with Crippen LogP contribution in [-0.4, -0.2) is 12.5 Å². The molecule has 1 fully saturated rings. The largest absolute Gasteiger partial charge is 0.329 e. The van der Waals surface area contributed by atoms with Crippen LogP contribution in [0, 0.1) is 23.0 Å². The SMILES string of the molecule is CC1CC(CN)(C(=O)Nc2cc(F)ccc2F)C1. The van der Waals surface area contributed by atoms with Crippen molar-refractivity contribution in [1.29, 1.82) is 0 Å². The number of amides is 1. The third-order valence-electron chi connectivity index (χ3n) is 3.53. The van der Waals surface area contributed by atoms with Gasteiger partial charge in [-0.15, -0.1) is 0 Å². The van der Waals surface area contributed by atoms with Crippen molar-refractivity contribution >= 4 is 11.6 Å². The summed E-state index contributed by atoms with van der Waals surface area (Å²) in [7, 11) is 0. The van der Waals surface area contributed by atoms with Crippen molar-refractivity contribution in [3.8, 4) is 0 Å². The zero-order valence-electron chi connectivity index (χ0n) is 10.2. The molecule has 3 N–H and O–H groups in total. The highest BCUT2D eigenvalue weighted by Gasteiger charge is 2.47. The van der Waals surface area contributed by atoms with Crippen LogP contribution >= 0.6 is 0 Å². The van der Waals surface area contributed by atoms with Gasteiger partial charge in [0.1, 0.15) is 11.6 Å². The van der Waals surface area contributed by atoms with E-state index in [0.717, 1.165) is 18.2 Å². The van der Waals surface area contributed by atoms with Crippen LogP contribution in [0.1, 0.15) is 19.8 Å². The number of nitrogens with two attached hydrogens (primary N) is 1. The smallest absolute Gasteiger partial charge is 0.231 e. The van der Waals surface area contributed by atoms with Crippen LogP contribution in [-0.2, 0) is 4.79 Å². The molecule has 2 rings (SSSR count). The van der Waals surface area contributed by atoms with Crippen molar-refractivity contribution in [3.05, 3.63) is 29.8 Å². The number of halogens is 2. The van der Waals surface area contributed by atoms with Gasteiger partial charge >= 0.3 is 0 Å². The van der Waals surface area contributed by atoms with E-state index in [4.69, 9.17) is 5.73 Å². The van der Waals surface area contributed by atoms with Gasteiger partial charge in [-0.2, -0.15) is 0 Å². The zero-order chi connectivity index (χ0) is 13.3. The van der Waals surface area contributed by atoms with Crippen molar-refractivity contribution in [1.82, 2.24) is 0 Å². The molecular weight excluding hydrogens is 238 g/mol. The Hall–Kier alpha value is -1.49. The van der Waals surface area contributed by atoms with Crippen molar-refractivity contribution in [3.63, 3.8) is 0 Å². The fourth-order valence-electron chi connectivity index (χ4n) is 2.57. The third kappa shape index (κ3) is 2.22. The van der Waals surface area contributed by atoms with Crippen LogP contribution in [0.15, 0.2) is 18.2 Å². The minimum atomic E-state index is -0.649. The molecule has 0 bridgehead atoms. The van der Waals surface area contributed by atoms with Crippen LogP contribution < -0.4 is 11.1 Å². The van der Waals surface area contributed by atoms with E-state index < -0.39 is 17.0 Å². The molecule has 0 aliphatic heterocycles. The number of anilines is 1. The number of hydrogen-bond acceptors (Lipinski definition) is 2. The molecule has 18 heavy (non-hydrogen) atoms. The third-order valence-corrected chi connectivity index (χ3v) is 3.53. The van der Waals surface area contributed by atoms with E-state index in [-0.39, 0.29) is 18.1 Å². The molecule has 1 aliphatic rings. The fourth-order valence-corrected chi connectivity index (χ4v) is 2.57. The van der Waals surface area contributed by atoms with Gasteiger partial charge in [0.05, 0.1) is 11.1 Å². The summed E-state index contributed by atoms with van der Waals surface area (Å²) >= 11 is 0. The molecule has 1 amide bonds. The lowest BCUT2D eigenvalue weighted by Gasteiger charge is -2.44. The molecule has 3 nitrogen and oxygen atoms in total. The molecule has 0 unspecified atom stereocenters. The molecular formula is C13H16F2N2O. The minimum Gasteiger partial charge on any atom is -0.329 e. The van der Waals surface area contributed by atoms with E-state index >= 15 is 0 Å². The Morgan fingerprint density at radius 1 is 1.50 bits per heavy atom. The molecule has 0 spiro atoms. The number of nitrogens with one attached hydrogen (secondary N) is 1. The van der Waals surface area contributed by atoms with E-state index in [1.807, 2.05) is 6.92 Å². The first-order chi connectivity index (χ1) is 8.47. The summed E-state index contributed by atoms with van der Waals surface area (Å²) in [5, 5.41) is 2.43. The van der Waals surface area contributed by atoms with E-state index in [1.165, 1.54) is 0 Å². The van der Waals surface area contributed by atoms with Crippen molar-refractivity contribution in [2.75, 3.05) is 11.9 Å². The predicted octanol–water partition coefficient (Wildman–Crippen LogP) is 2.28. The first-order valence-corrected chi connectivity index (χ1v) is 5.93. The van der Waals surface area contributed by atoms with Crippen LogP contribution in [0.4, 0.5) is 14.5 Å². The molecule has 0 aromatic heterocycles. The second-order valence-corrected chi connectivity index (χ2v) is 5.08. The second-order valence-electron chi connectivity index (χ2n) is 5.08. The quantitative estimate of drug-likeness (QED) is 0.869. The lowest BCUT2D eigenvalue weighted by molar-refractivity contribution is -0.132. The van der Waals surface area contributed by atoms with Gasteiger partial charge in [0, 0.05) is 12.6 Å². The maximum Gasteiger partial charge on any atom is 0.231 e. The Morgan fingerprint density at radius 2 is 2.17 bits per heavy atom. The molecule has 1 aromatic rings. The molecule has 0 atom stereocenters. The second kappa shape index (κ2) is 4.65. The van der Waals surface area contributed by atoms with Crippen LogP contribution in [0.2, 0.25) is 0 Å². The number of rotatable bonds is 3. The summed E-state index contributed by atoms with van der Waals surface area (Å²) in [6, 6.07) is 2.97. The van der Waals surface area contributed by atoms with Gasteiger partial charge in [0.2, 0.25) is 5.91 Å². The normalized spacial score (nSPS) is 26.6. The maximum atomic E-state index is 13.4. The summed E-state index contributed by atoms with van der Waals surface area (Å²) in [4.78, 5) is 12.1. The average molecular weight is 254 g/mol. The van der Waals surface area contributed by atoms with Gasteiger partial charge in [-0.1, -0.05) is 6.92 Å². The Morgan fingerprint density at radius 3 is 2.72 bits per heavy atom. The first-order valence-electron chi connectivity index (χ1n) is 5.93. The first kappa shape index (κ1) is 13.0. The number of carbonyl (C=O) groups is 1. The Kier molecular flexibility index (Phi) is 3.34. The number of carbonyl (C=O) groups excluding carboxylic acids is 1. The Bertz CT molecular complexity index is 470. The average Bonchev–Trinajstić information content (AvgIpc) is 2.29. The molecule has 1 saturated carbocycles. The van der Waals surface area contributed by atoms with Gasteiger partial charge in [0.25, 0.3) is 0 Å². The van der Waals surface area contributed by atoms with Crippen molar-refractivity contribution < 1.29 is 13.6 Å². The predicted molar refractivity (Wildman–Crippen MR) is 64.9 cm³/mol. The van der Waals surface area contributed by atoms with E-state index in [2.05, 4.69) is 5.32 Å². The molecule has 1 aliphatic carbocycles. The highest BCUT2D eigenvalue weighted by atomic mass is 19.1. The van der Waals surface area contributed by atoms with Crippen molar-refractivity contribution in [2.45, 2.75) is 19.8 Å². The molecule has 0 radical (unpaired) electrons. The van der Waals surface area contributed by atoms with Crippen LogP contribution in [0.3, 0.4) is 0 Å². The highest BCUT2D eigenvalue weighted by Crippen LogP contribution is 2.45. The maximum absolute atomic E-state index is 13.4. The molecule has 98 valence electrons. The van der Waals surface area contributed by atoms with Gasteiger partial charge in [0.15, 0.2) is 0 Å². The summed E-state index contributed by atoms with van der Waals surface area (Å²) in [5.41, 5.74) is 4.87. The van der Waals surface area contributed by atoms with Crippen molar-refractivity contribution in [2.24, 2.45) is 17.1 Å². The van der Waals surface area contributed by atoms with E-state index in [0.29, 0.717) is 18.8 Å².